The molecule has 2 unspecified atom stereocenters. The highest BCUT2D eigenvalue weighted by molar-refractivity contribution is 5.80. The van der Waals surface area contributed by atoms with Crippen LogP contribution in [0.25, 0.3) is 22.2 Å². The van der Waals surface area contributed by atoms with Crippen molar-refractivity contribution >= 4 is 17.0 Å². The summed E-state index contributed by atoms with van der Waals surface area (Å²) in [6, 6.07) is 24.6. The predicted octanol–water partition coefficient (Wildman–Crippen LogP) is 5.01. The van der Waals surface area contributed by atoms with Crippen molar-refractivity contribution in [2.75, 3.05) is 0 Å². The number of fused-ring (bicyclic) bond motifs is 1. The quantitative estimate of drug-likeness (QED) is 0.442. The topological polar surface area (TPSA) is 81.1 Å². The van der Waals surface area contributed by atoms with Crippen molar-refractivity contribution in [3.8, 4) is 11.1 Å². The summed E-state index contributed by atoms with van der Waals surface area (Å²) in [6.07, 6.45) is 5.24. The van der Waals surface area contributed by atoms with E-state index in [4.69, 9.17) is 15.1 Å². The van der Waals surface area contributed by atoms with E-state index >= 15 is 0 Å². The van der Waals surface area contributed by atoms with Gasteiger partial charge in [0, 0.05) is 18.5 Å². The fourth-order valence-corrected chi connectivity index (χ4v) is 4.59. The standard InChI is InChI=1S/C28H29N3O2/c29-23-8-4-5-9-24(23)30-27(32)16-19-10-12-20(13-11-19)17-28-31-25-18-22(14-15-26(25)33-28)21-6-2-1-3-7-21/h1-3,6-7,10-15,18,23-24H,4-5,8-9,16-17,29H2,(H,30,32). The summed E-state index contributed by atoms with van der Waals surface area (Å²) < 4.78 is 5.97. The Morgan fingerprint density at radius 3 is 2.48 bits per heavy atom. The molecule has 0 radical (unpaired) electrons. The van der Waals surface area contributed by atoms with Gasteiger partial charge in [-0.05, 0) is 47.2 Å². The van der Waals surface area contributed by atoms with Crippen LogP contribution < -0.4 is 11.1 Å². The Labute approximate surface area is 194 Å². The summed E-state index contributed by atoms with van der Waals surface area (Å²) >= 11 is 0. The van der Waals surface area contributed by atoms with Crippen molar-refractivity contribution in [3.63, 3.8) is 0 Å². The molecule has 1 fully saturated rings. The third kappa shape index (κ3) is 5.15. The Morgan fingerprint density at radius 2 is 1.70 bits per heavy atom. The molecule has 33 heavy (non-hydrogen) atoms. The second-order valence-corrected chi connectivity index (χ2v) is 8.95. The maximum Gasteiger partial charge on any atom is 0.224 e. The van der Waals surface area contributed by atoms with Crippen molar-refractivity contribution in [1.82, 2.24) is 10.3 Å². The predicted molar refractivity (Wildman–Crippen MR) is 131 cm³/mol. The van der Waals surface area contributed by atoms with E-state index in [0.29, 0.717) is 18.7 Å². The van der Waals surface area contributed by atoms with Crippen LogP contribution in [0.1, 0.15) is 42.7 Å². The molecule has 168 valence electrons. The molecule has 5 rings (SSSR count). The molecule has 0 aliphatic heterocycles. The second kappa shape index (κ2) is 9.59. The number of nitrogens with one attached hydrogen (secondary N) is 1. The monoisotopic (exact) mass is 439 g/mol. The largest absolute Gasteiger partial charge is 0.440 e. The zero-order chi connectivity index (χ0) is 22.6. The molecule has 1 saturated carbocycles. The van der Waals surface area contributed by atoms with Gasteiger partial charge in [0.2, 0.25) is 5.91 Å². The molecule has 1 heterocycles. The highest BCUT2D eigenvalue weighted by Gasteiger charge is 2.23. The third-order valence-corrected chi connectivity index (χ3v) is 6.45. The molecular formula is C28H29N3O2. The molecular weight excluding hydrogens is 410 g/mol. The van der Waals surface area contributed by atoms with E-state index < -0.39 is 0 Å². The van der Waals surface area contributed by atoms with Crippen LogP contribution in [0.5, 0.6) is 0 Å². The van der Waals surface area contributed by atoms with Crippen molar-refractivity contribution in [1.29, 1.82) is 0 Å². The maximum atomic E-state index is 12.4. The smallest absolute Gasteiger partial charge is 0.224 e. The van der Waals surface area contributed by atoms with Crippen LogP contribution in [-0.4, -0.2) is 23.0 Å². The summed E-state index contributed by atoms with van der Waals surface area (Å²) in [5.41, 5.74) is 12.2. The van der Waals surface area contributed by atoms with Crippen LogP contribution in [-0.2, 0) is 17.6 Å². The van der Waals surface area contributed by atoms with E-state index in [2.05, 4.69) is 29.6 Å². The minimum Gasteiger partial charge on any atom is -0.440 e. The zero-order valence-corrected chi connectivity index (χ0v) is 18.7. The van der Waals surface area contributed by atoms with E-state index in [0.717, 1.165) is 59.0 Å². The Morgan fingerprint density at radius 1 is 0.939 bits per heavy atom. The number of carbonyl (C=O) groups excluding carboxylic acids is 1. The van der Waals surface area contributed by atoms with Crippen molar-refractivity contribution in [2.24, 2.45) is 5.73 Å². The number of hydrogen-bond donors (Lipinski definition) is 2. The molecule has 0 saturated heterocycles. The molecule has 5 heteroatoms. The van der Waals surface area contributed by atoms with Gasteiger partial charge in [-0.1, -0.05) is 73.5 Å². The van der Waals surface area contributed by atoms with Gasteiger partial charge < -0.3 is 15.5 Å². The van der Waals surface area contributed by atoms with Crippen LogP contribution in [0.2, 0.25) is 0 Å². The fraction of sp³-hybridized carbons (Fsp3) is 0.286. The van der Waals surface area contributed by atoms with Gasteiger partial charge in [0.15, 0.2) is 11.5 Å². The average Bonchev–Trinajstić information content (AvgIpc) is 3.24. The lowest BCUT2D eigenvalue weighted by molar-refractivity contribution is -0.121. The minimum absolute atomic E-state index is 0.0401. The van der Waals surface area contributed by atoms with Gasteiger partial charge in [0.1, 0.15) is 5.52 Å². The lowest BCUT2D eigenvalue weighted by Gasteiger charge is -2.29. The van der Waals surface area contributed by atoms with Crippen LogP contribution in [0.3, 0.4) is 0 Å². The Balaban J connectivity index is 1.22. The fourth-order valence-electron chi connectivity index (χ4n) is 4.59. The summed E-state index contributed by atoms with van der Waals surface area (Å²) in [4.78, 5) is 17.1. The minimum atomic E-state index is 0.0401. The summed E-state index contributed by atoms with van der Waals surface area (Å²) in [6.45, 7) is 0. The molecule has 1 amide bonds. The first kappa shape index (κ1) is 21.4. The molecule has 1 aliphatic rings. The molecule has 5 nitrogen and oxygen atoms in total. The number of oxazole rings is 1. The second-order valence-electron chi connectivity index (χ2n) is 8.95. The van der Waals surface area contributed by atoms with Gasteiger partial charge >= 0.3 is 0 Å². The number of hydrogen-bond acceptors (Lipinski definition) is 4. The van der Waals surface area contributed by atoms with Crippen LogP contribution in [0.4, 0.5) is 0 Å². The van der Waals surface area contributed by atoms with Gasteiger partial charge in [-0.3, -0.25) is 4.79 Å². The highest BCUT2D eigenvalue weighted by atomic mass is 16.3. The van der Waals surface area contributed by atoms with Crippen LogP contribution in [0.15, 0.2) is 77.2 Å². The first-order chi connectivity index (χ1) is 16.1. The first-order valence-corrected chi connectivity index (χ1v) is 11.7. The normalized spacial score (nSPS) is 18.3. The molecule has 0 spiro atoms. The number of benzene rings is 3. The van der Waals surface area contributed by atoms with Gasteiger partial charge in [0.05, 0.1) is 6.42 Å². The van der Waals surface area contributed by atoms with E-state index in [1.807, 2.05) is 48.5 Å². The Kier molecular flexibility index (Phi) is 6.22. The van der Waals surface area contributed by atoms with Crippen molar-refractivity contribution in [3.05, 3.63) is 89.8 Å². The van der Waals surface area contributed by atoms with Crippen molar-refractivity contribution < 1.29 is 9.21 Å². The highest BCUT2D eigenvalue weighted by Crippen LogP contribution is 2.25. The number of nitrogens with two attached hydrogens (primary N) is 1. The Hall–Kier alpha value is -3.44. The van der Waals surface area contributed by atoms with Gasteiger partial charge in [-0.15, -0.1) is 0 Å². The number of rotatable bonds is 6. The maximum absolute atomic E-state index is 12.4. The summed E-state index contributed by atoms with van der Waals surface area (Å²) in [7, 11) is 0. The zero-order valence-electron chi connectivity index (χ0n) is 18.7. The van der Waals surface area contributed by atoms with Gasteiger partial charge in [-0.2, -0.15) is 0 Å². The molecule has 4 aromatic rings. The van der Waals surface area contributed by atoms with Crippen LogP contribution in [0, 0.1) is 0 Å². The molecule has 2 atom stereocenters. The lowest BCUT2D eigenvalue weighted by Crippen LogP contribution is -2.49. The van der Waals surface area contributed by atoms with Crippen LogP contribution >= 0.6 is 0 Å². The number of amides is 1. The molecule has 1 aliphatic carbocycles. The molecule has 1 aromatic heterocycles. The number of aromatic nitrogens is 1. The number of nitrogens with zero attached hydrogens (tertiary/aromatic N) is 1. The molecule has 3 N–H and O–H groups in total. The van der Waals surface area contributed by atoms with Gasteiger partial charge in [-0.25, -0.2) is 4.98 Å². The summed E-state index contributed by atoms with van der Waals surface area (Å²) in [5.74, 6) is 0.727. The van der Waals surface area contributed by atoms with Gasteiger partial charge in [0.25, 0.3) is 0 Å². The third-order valence-electron chi connectivity index (χ3n) is 6.45. The van der Waals surface area contributed by atoms with E-state index in [1.54, 1.807) is 0 Å². The summed E-state index contributed by atoms with van der Waals surface area (Å²) in [5, 5.41) is 3.11. The average molecular weight is 440 g/mol. The van der Waals surface area contributed by atoms with E-state index in [1.165, 1.54) is 0 Å². The molecule has 3 aromatic carbocycles. The number of carbonyl (C=O) groups is 1. The van der Waals surface area contributed by atoms with E-state index in [-0.39, 0.29) is 18.0 Å². The van der Waals surface area contributed by atoms with Crippen molar-refractivity contribution in [2.45, 2.75) is 50.6 Å². The van der Waals surface area contributed by atoms with E-state index in [9.17, 15) is 4.79 Å². The SMILES string of the molecule is NC1CCCCC1NC(=O)Cc1ccc(Cc2nc3cc(-c4ccccc4)ccc3o2)cc1. The lowest BCUT2D eigenvalue weighted by atomic mass is 9.91. The Bertz CT molecular complexity index is 1230. The first-order valence-electron chi connectivity index (χ1n) is 11.7. The molecule has 0 bridgehead atoms.